The molecule has 1 heterocycles. The highest BCUT2D eigenvalue weighted by Crippen LogP contribution is 2.17. The standard InChI is InChI=1S/C20H22N4O/c1-15-7-6-8-16(11-15)12-22-20(21-2)23-13-18-14-25-19(24-18)17-9-4-3-5-10-17/h3-11,14H,12-13H2,1-2H3,(H2,21,22,23). The van der Waals surface area contributed by atoms with Gasteiger partial charge in [0.15, 0.2) is 5.96 Å². The first-order valence-corrected chi connectivity index (χ1v) is 8.24. The monoisotopic (exact) mass is 334 g/mol. The maximum absolute atomic E-state index is 5.55. The first-order chi connectivity index (χ1) is 12.2. The number of oxazole rings is 1. The van der Waals surface area contributed by atoms with Crippen LogP contribution >= 0.6 is 0 Å². The normalized spacial score (nSPS) is 11.4. The molecule has 0 bridgehead atoms. The highest BCUT2D eigenvalue weighted by atomic mass is 16.3. The predicted octanol–water partition coefficient (Wildman–Crippen LogP) is 3.52. The maximum Gasteiger partial charge on any atom is 0.226 e. The Morgan fingerprint density at radius 2 is 1.84 bits per heavy atom. The number of aliphatic imine (C=N–C) groups is 1. The Morgan fingerprint density at radius 3 is 2.60 bits per heavy atom. The molecule has 0 unspecified atom stereocenters. The van der Waals surface area contributed by atoms with Gasteiger partial charge in [0.2, 0.25) is 5.89 Å². The summed E-state index contributed by atoms with van der Waals surface area (Å²) in [5, 5.41) is 6.55. The number of hydrogen-bond donors (Lipinski definition) is 2. The average Bonchev–Trinajstić information content (AvgIpc) is 3.12. The zero-order valence-corrected chi connectivity index (χ0v) is 14.5. The van der Waals surface area contributed by atoms with E-state index in [1.807, 2.05) is 30.3 Å². The van der Waals surface area contributed by atoms with Crippen molar-refractivity contribution in [3.8, 4) is 11.5 Å². The van der Waals surface area contributed by atoms with Crippen molar-refractivity contribution in [2.45, 2.75) is 20.0 Å². The van der Waals surface area contributed by atoms with Crippen molar-refractivity contribution >= 4 is 5.96 Å². The van der Waals surface area contributed by atoms with Crippen molar-refractivity contribution in [3.63, 3.8) is 0 Å². The topological polar surface area (TPSA) is 62.5 Å². The third-order valence-corrected chi connectivity index (χ3v) is 3.78. The second-order valence-corrected chi connectivity index (χ2v) is 5.78. The second-order valence-electron chi connectivity index (χ2n) is 5.78. The Kier molecular flexibility index (Phi) is 5.46. The van der Waals surface area contributed by atoms with Gasteiger partial charge in [0.1, 0.15) is 6.26 Å². The molecule has 0 amide bonds. The quantitative estimate of drug-likeness (QED) is 0.554. The molecule has 0 saturated carbocycles. The Labute approximate surface area is 147 Å². The first kappa shape index (κ1) is 16.8. The highest BCUT2D eigenvalue weighted by molar-refractivity contribution is 5.79. The Balaban J connectivity index is 1.54. The molecule has 5 nitrogen and oxygen atoms in total. The van der Waals surface area contributed by atoms with Gasteiger partial charge in [-0.05, 0) is 24.6 Å². The van der Waals surface area contributed by atoms with Crippen LogP contribution in [0.3, 0.4) is 0 Å². The predicted molar refractivity (Wildman–Crippen MR) is 100 cm³/mol. The van der Waals surface area contributed by atoms with Crippen LogP contribution in [0.2, 0.25) is 0 Å². The van der Waals surface area contributed by atoms with Crippen LogP contribution in [0.25, 0.3) is 11.5 Å². The van der Waals surface area contributed by atoms with Gasteiger partial charge in [-0.3, -0.25) is 4.99 Å². The molecule has 5 heteroatoms. The molecule has 0 saturated heterocycles. The summed E-state index contributed by atoms with van der Waals surface area (Å²) in [5.74, 6) is 1.35. The first-order valence-electron chi connectivity index (χ1n) is 8.24. The highest BCUT2D eigenvalue weighted by Gasteiger charge is 2.07. The number of nitrogens with zero attached hydrogens (tertiary/aromatic N) is 2. The summed E-state index contributed by atoms with van der Waals surface area (Å²) in [6, 6.07) is 18.3. The fourth-order valence-electron chi connectivity index (χ4n) is 2.50. The minimum Gasteiger partial charge on any atom is -0.444 e. The van der Waals surface area contributed by atoms with Crippen molar-refractivity contribution in [1.82, 2.24) is 15.6 Å². The van der Waals surface area contributed by atoms with E-state index < -0.39 is 0 Å². The summed E-state index contributed by atoms with van der Waals surface area (Å²) < 4.78 is 5.55. The lowest BCUT2D eigenvalue weighted by atomic mass is 10.1. The molecule has 0 aliphatic heterocycles. The van der Waals surface area contributed by atoms with E-state index in [-0.39, 0.29) is 0 Å². The minimum absolute atomic E-state index is 0.545. The molecular weight excluding hydrogens is 312 g/mol. The van der Waals surface area contributed by atoms with Crippen molar-refractivity contribution in [3.05, 3.63) is 77.7 Å². The van der Waals surface area contributed by atoms with E-state index in [1.165, 1.54) is 11.1 Å². The van der Waals surface area contributed by atoms with Crippen LogP contribution in [-0.2, 0) is 13.1 Å². The van der Waals surface area contributed by atoms with Crippen molar-refractivity contribution in [1.29, 1.82) is 0 Å². The molecule has 2 N–H and O–H groups in total. The molecule has 0 fully saturated rings. The van der Waals surface area contributed by atoms with Crippen molar-refractivity contribution < 1.29 is 4.42 Å². The van der Waals surface area contributed by atoms with Crippen molar-refractivity contribution in [2.75, 3.05) is 7.05 Å². The Hall–Kier alpha value is -3.08. The number of guanidine groups is 1. The lowest BCUT2D eigenvalue weighted by molar-refractivity contribution is 0.572. The van der Waals surface area contributed by atoms with Crippen LogP contribution in [0.1, 0.15) is 16.8 Å². The van der Waals surface area contributed by atoms with E-state index in [1.54, 1.807) is 13.3 Å². The Bertz CT molecular complexity index is 840. The minimum atomic E-state index is 0.545. The van der Waals surface area contributed by atoms with Gasteiger partial charge >= 0.3 is 0 Å². The van der Waals surface area contributed by atoms with Gasteiger partial charge in [-0.25, -0.2) is 4.98 Å². The summed E-state index contributed by atoms with van der Waals surface area (Å²) >= 11 is 0. The van der Waals surface area contributed by atoms with Crippen molar-refractivity contribution in [2.24, 2.45) is 4.99 Å². The SMILES string of the molecule is CN=C(NCc1cccc(C)c1)NCc1coc(-c2ccccc2)n1. The summed E-state index contributed by atoms with van der Waals surface area (Å²) in [6.07, 6.45) is 1.67. The number of benzene rings is 2. The van der Waals surface area contributed by atoms with Gasteiger partial charge in [0.25, 0.3) is 0 Å². The van der Waals surface area contributed by atoms with E-state index >= 15 is 0 Å². The van der Waals surface area contributed by atoms with E-state index in [0.29, 0.717) is 12.4 Å². The van der Waals surface area contributed by atoms with Gasteiger partial charge in [0, 0.05) is 19.2 Å². The molecule has 2 aromatic carbocycles. The van der Waals surface area contributed by atoms with Crippen LogP contribution in [0.5, 0.6) is 0 Å². The van der Waals surface area contributed by atoms with Gasteiger partial charge < -0.3 is 15.1 Å². The molecule has 0 radical (unpaired) electrons. The molecule has 0 aliphatic carbocycles. The molecular formula is C20H22N4O. The summed E-state index contributed by atoms with van der Waals surface area (Å²) in [4.78, 5) is 8.75. The average molecular weight is 334 g/mol. The summed E-state index contributed by atoms with van der Waals surface area (Å²) in [5.41, 5.74) is 4.27. The van der Waals surface area contributed by atoms with Crippen LogP contribution in [0, 0.1) is 6.92 Å². The molecule has 0 spiro atoms. The third kappa shape index (κ3) is 4.70. The molecule has 25 heavy (non-hydrogen) atoms. The van der Waals surface area contributed by atoms with E-state index in [4.69, 9.17) is 4.42 Å². The molecule has 128 valence electrons. The number of rotatable bonds is 5. The third-order valence-electron chi connectivity index (χ3n) is 3.78. The van der Waals surface area contributed by atoms with Crippen LogP contribution in [0.15, 0.2) is 70.3 Å². The second kappa shape index (κ2) is 8.15. The lowest BCUT2D eigenvalue weighted by Gasteiger charge is -2.11. The zero-order chi connectivity index (χ0) is 17.5. The van der Waals surface area contributed by atoms with Crippen LogP contribution in [0.4, 0.5) is 0 Å². The molecule has 0 atom stereocenters. The van der Waals surface area contributed by atoms with Gasteiger partial charge in [-0.1, -0.05) is 48.0 Å². The van der Waals surface area contributed by atoms with Gasteiger partial charge in [0.05, 0.1) is 12.2 Å². The number of hydrogen-bond acceptors (Lipinski definition) is 3. The largest absolute Gasteiger partial charge is 0.444 e. The maximum atomic E-state index is 5.55. The molecule has 1 aromatic heterocycles. The van der Waals surface area contributed by atoms with E-state index in [0.717, 1.165) is 23.8 Å². The fraction of sp³-hybridized carbons (Fsp3) is 0.200. The summed E-state index contributed by atoms with van der Waals surface area (Å²) in [7, 11) is 1.75. The number of nitrogens with one attached hydrogen (secondary N) is 2. The van der Waals surface area contributed by atoms with Crippen LogP contribution in [-0.4, -0.2) is 18.0 Å². The zero-order valence-electron chi connectivity index (χ0n) is 14.5. The smallest absolute Gasteiger partial charge is 0.226 e. The fourth-order valence-corrected chi connectivity index (χ4v) is 2.50. The number of aryl methyl sites for hydroxylation is 1. The lowest BCUT2D eigenvalue weighted by Crippen LogP contribution is -2.36. The summed E-state index contributed by atoms with van der Waals surface area (Å²) in [6.45, 7) is 3.35. The van der Waals surface area contributed by atoms with E-state index in [2.05, 4.69) is 51.8 Å². The van der Waals surface area contributed by atoms with E-state index in [9.17, 15) is 0 Å². The molecule has 0 aliphatic rings. The number of aromatic nitrogens is 1. The Morgan fingerprint density at radius 1 is 1.04 bits per heavy atom. The van der Waals surface area contributed by atoms with Crippen LogP contribution < -0.4 is 10.6 Å². The van der Waals surface area contributed by atoms with Gasteiger partial charge in [-0.15, -0.1) is 0 Å². The molecule has 3 aromatic rings. The molecule has 3 rings (SSSR count). The van der Waals surface area contributed by atoms with Gasteiger partial charge in [-0.2, -0.15) is 0 Å².